The summed E-state index contributed by atoms with van der Waals surface area (Å²) in [7, 11) is 0. The third-order valence-corrected chi connectivity index (χ3v) is 4.28. The van der Waals surface area contributed by atoms with E-state index in [9.17, 15) is 0 Å². The maximum absolute atomic E-state index is 6.13. The highest BCUT2D eigenvalue weighted by atomic mass is 14.9. The van der Waals surface area contributed by atoms with E-state index in [2.05, 4.69) is 13.8 Å². The van der Waals surface area contributed by atoms with Gasteiger partial charge in [-0.1, -0.05) is 33.1 Å². The second kappa shape index (κ2) is 4.15. The van der Waals surface area contributed by atoms with Crippen LogP contribution in [0, 0.1) is 11.3 Å². The van der Waals surface area contributed by atoms with Gasteiger partial charge in [0.1, 0.15) is 0 Å². The molecule has 2 saturated carbocycles. The molecule has 15 heavy (non-hydrogen) atoms. The third-order valence-electron chi connectivity index (χ3n) is 4.28. The summed E-state index contributed by atoms with van der Waals surface area (Å²) in [4.78, 5) is 4.81. The van der Waals surface area contributed by atoms with Gasteiger partial charge < -0.3 is 5.73 Å². The van der Waals surface area contributed by atoms with E-state index >= 15 is 0 Å². The Morgan fingerprint density at radius 1 is 1.13 bits per heavy atom. The zero-order chi connectivity index (χ0) is 10.9. The van der Waals surface area contributed by atoms with Crippen LogP contribution in [0.1, 0.15) is 58.8 Å². The number of amidine groups is 1. The average molecular weight is 208 g/mol. The Morgan fingerprint density at radius 3 is 2.33 bits per heavy atom. The molecule has 2 aliphatic carbocycles. The lowest BCUT2D eigenvalue weighted by atomic mass is 9.87. The van der Waals surface area contributed by atoms with E-state index in [0.29, 0.717) is 17.4 Å². The highest BCUT2D eigenvalue weighted by Gasteiger charge is 2.34. The molecular formula is C13H24N2. The van der Waals surface area contributed by atoms with Crippen LogP contribution in [0.3, 0.4) is 0 Å². The topological polar surface area (TPSA) is 38.4 Å². The van der Waals surface area contributed by atoms with Gasteiger partial charge in [0.15, 0.2) is 0 Å². The second-order valence-electron chi connectivity index (χ2n) is 5.93. The zero-order valence-electron chi connectivity index (χ0n) is 10.1. The van der Waals surface area contributed by atoms with E-state index in [1.165, 1.54) is 44.9 Å². The van der Waals surface area contributed by atoms with Crippen LogP contribution in [0.5, 0.6) is 0 Å². The fourth-order valence-corrected chi connectivity index (χ4v) is 3.05. The lowest BCUT2D eigenvalue weighted by Crippen LogP contribution is -2.28. The molecule has 2 N–H and O–H groups in total. The molecule has 0 aromatic heterocycles. The highest BCUT2D eigenvalue weighted by molar-refractivity contribution is 5.83. The molecule has 2 aliphatic rings. The maximum Gasteiger partial charge on any atom is 0.0972 e. The fourth-order valence-electron chi connectivity index (χ4n) is 3.05. The molecule has 0 saturated heterocycles. The Kier molecular flexibility index (Phi) is 3.03. The Balaban J connectivity index is 2.02. The van der Waals surface area contributed by atoms with Crippen molar-refractivity contribution in [3.05, 3.63) is 0 Å². The quantitative estimate of drug-likeness (QED) is 0.549. The van der Waals surface area contributed by atoms with Crippen molar-refractivity contribution in [3.8, 4) is 0 Å². The summed E-state index contributed by atoms with van der Waals surface area (Å²) in [6.07, 6.45) is 9.08. The molecule has 2 fully saturated rings. The molecule has 1 unspecified atom stereocenters. The van der Waals surface area contributed by atoms with Crippen molar-refractivity contribution in [2.45, 2.75) is 64.8 Å². The molecule has 2 rings (SSSR count). The predicted octanol–water partition coefficient (Wildman–Crippen LogP) is 3.11. The van der Waals surface area contributed by atoms with Gasteiger partial charge in [-0.25, -0.2) is 0 Å². The first-order valence-corrected chi connectivity index (χ1v) is 6.43. The fraction of sp³-hybridized carbons (Fsp3) is 0.923. The average Bonchev–Trinajstić information content (AvgIpc) is 2.76. The van der Waals surface area contributed by atoms with Crippen molar-refractivity contribution in [2.75, 3.05) is 0 Å². The van der Waals surface area contributed by atoms with E-state index < -0.39 is 0 Å². The van der Waals surface area contributed by atoms with Gasteiger partial charge in [-0.3, -0.25) is 4.99 Å². The van der Waals surface area contributed by atoms with Crippen molar-refractivity contribution < 1.29 is 0 Å². The molecule has 0 radical (unpaired) electrons. The summed E-state index contributed by atoms with van der Waals surface area (Å²) in [5.74, 6) is 1.55. The van der Waals surface area contributed by atoms with Crippen LogP contribution in [-0.2, 0) is 0 Å². The largest absolute Gasteiger partial charge is 0.387 e. The molecule has 0 spiro atoms. The standard InChI is InChI=1S/C13H24N2/c1-13(2)9-5-8-11(13)15-12(14)10-6-3-4-7-10/h10-11H,3-9H2,1-2H3,(H2,14,15). The number of nitrogens with zero attached hydrogens (tertiary/aromatic N) is 1. The van der Waals surface area contributed by atoms with E-state index in [1.807, 2.05) is 0 Å². The number of hydrogen-bond donors (Lipinski definition) is 1. The first kappa shape index (κ1) is 11.0. The molecule has 1 atom stereocenters. The van der Waals surface area contributed by atoms with Crippen molar-refractivity contribution >= 4 is 5.84 Å². The lowest BCUT2D eigenvalue weighted by Gasteiger charge is -2.24. The Labute approximate surface area is 93.3 Å². The van der Waals surface area contributed by atoms with Crippen LogP contribution >= 0.6 is 0 Å². The number of hydrogen-bond acceptors (Lipinski definition) is 1. The Morgan fingerprint density at radius 2 is 1.80 bits per heavy atom. The monoisotopic (exact) mass is 208 g/mol. The molecule has 2 heteroatoms. The molecule has 0 heterocycles. The number of aliphatic imine (C=N–C) groups is 1. The van der Waals surface area contributed by atoms with Crippen molar-refractivity contribution in [2.24, 2.45) is 22.1 Å². The van der Waals surface area contributed by atoms with Crippen LogP contribution in [0.25, 0.3) is 0 Å². The van der Waals surface area contributed by atoms with Gasteiger partial charge in [0.2, 0.25) is 0 Å². The van der Waals surface area contributed by atoms with Crippen molar-refractivity contribution in [1.82, 2.24) is 0 Å². The molecule has 0 aromatic rings. The van der Waals surface area contributed by atoms with Gasteiger partial charge in [0, 0.05) is 5.92 Å². The van der Waals surface area contributed by atoms with Gasteiger partial charge in [-0.15, -0.1) is 0 Å². The summed E-state index contributed by atoms with van der Waals surface area (Å²) in [5.41, 5.74) is 6.51. The smallest absolute Gasteiger partial charge is 0.0972 e. The summed E-state index contributed by atoms with van der Waals surface area (Å²) >= 11 is 0. The van der Waals surface area contributed by atoms with Gasteiger partial charge in [-0.05, 0) is 31.1 Å². The predicted molar refractivity (Wildman–Crippen MR) is 65.0 cm³/mol. The molecular weight excluding hydrogens is 184 g/mol. The summed E-state index contributed by atoms with van der Waals surface area (Å²) in [6, 6.07) is 0.484. The van der Waals surface area contributed by atoms with Crippen LogP contribution in [0.4, 0.5) is 0 Å². The SMILES string of the molecule is CC1(C)CCCC1N=C(N)C1CCCC1. The van der Waals surface area contributed by atoms with E-state index in [1.54, 1.807) is 0 Å². The minimum atomic E-state index is 0.378. The van der Waals surface area contributed by atoms with E-state index in [4.69, 9.17) is 10.7 Å². The zero-order valence-corrected chi connectivity index (χ0v) is 10.1. The van der Waals surface area contributed by atoms with Crippen LogP contribution in [-0.4, -0.2) is 11.9 Å². The van der Waals surface area contributed by atoms with E-state index in [-0.39, 0.29) is 0 Å². The van der Waals surface area contributed by atoms with Crippen LogP contribution in [0.15, 0.2) is 4.99 Å². The first-order valence-electron chi connectivity index (χ1n) is 6.43. The summed E-state index contributed by atoms with van der Waals surface area (Å²) < 4.78 is 0. The number of nitrogens with two attached hydrogens (primary N) is 1. The summed E-state index contributed by atoms with van der Waals surface area (Å²) in [6.45, 7) is 4.66. The van der Waals surface area contributed by atoms with Crippen LogP contribution < -0.4 is 5.73 Å². The van der Waals surface area contributed by atoms with Crippen molar-refractivity contribution in [1.29, 1.82) is 0 Å². The molecule has 0 bridgehead atoms. The maximum atomic E-state index is 6.13. The normalized spacial score (nSPS) is 32.4. The molecule has 0 aromatic carbocycles. The minimum Gasteiger partial charge on any atom is -0.387 e. The number of rotatable bonds is 2. The molecule has 0 amide bonds. The first-order chi connectivity index (χ1) is 7.09. The minimum absolute atomic E-state index is 0.378. The van der Waals surface area contributed by atoms with Crippen molar-refractivity contribution in [3.63, 3.8) is 0 Å². The Bertz CT molecular complexity index is 249. The Hall–Kier alpha value is -0.530. The van der Waals surface area contributed by atoms with Gasteiger partial charge in [0.05, 0.1) is 11.9 Å². The molecule has 86 valence electrons. The van der Waals surface area contributed by atoms with E-state index in [0.717, 1.165) is 5.84 Å². The molecule has 0 aliphatic heterocycles. The van der Waals surface area contributed by atoms with Gasteiger partial charge in [0.25, 0.3) is 0 Å². The second-order valence-corrected chi connectivity index (χ2v) is 5.93. The summed E-state index contributed by atoms with van der Waals surface area (Å²) in [5, 5.41) is 0. The third kappa shape index (κ3) is 2.35. The van der Waals surface area contributed by atoms with Gasteiger partial charge >= 0.3 is 0 Å². The highest BCUT2D eigenvalue weighted by Crippen LogP contribution is 2.39. The lowest BCUT2D eigenvalue weighted by molar-refractivity contribution is 0.333. The van der Waals surface area contributed by atoms with Gasteiger partial charge in [-0.2, -0.15) is 0 Å². The van der Waals surface area contributed by atoms with Crippen LogP contribution in [0.2, 0.25) is 0 Å². The molecule has 2 nitrogen and oxygen atoms in total.